The Morgan fingerprint density at radius 3 is 2.55 bits per heavy atom. The molecule has 1 fully saturated rings. The van der Waals surface area contributed by atoms with Gasteiger partial charge in [-0.2, -0.15) is 0 Å². The number of thioether (sulfide) groups is 2. The topological polar surface area (TPSA) is 152 Å². The molecule has 3 heterocycles. The van der Waals surface area contributed by atoms with Crippen molar-refractivity contribution in [1.29, 1.82) is 0 Å². The maximum atomic E-state index is 13.3. The molecule has 2 aliphatic heterocycles. The quantitative estimate of drug-likeness (QED) is 0.173. The maximum absolute atomic E-state index is 13.3. The molecule has 0 saturated carbocycles. The molecular weight excluding hydrogens is 530 g/mol. The molecule has 1 aromatic heterocycles. The van der Waals surface area contributed by atoms with Crippen LogP contribution in [0.1, 0.15) is 5.56 Å². The molecule has 12 nitrogen and oxygen atoms in total. The van der Waals surface area contributed by atoms with Crippen molar-refractivity contribution in [2.45, 2.75) is 16.6 Å². The molecule has 2 aromatic carbocycles. The molecule has 0 aliphatic carbocycles. The van der Waals surface area contributed by atoms with Crippen LogP contribution < -0.4 is 10.2 Å². The third-order valence-electron chi connectivity index (χ3n) is 5.74. The number of oxime groups is 1. The third kappa shape index (κ3) is 5.13. The fraction of sp³-hybridized carbons (Fsp3) is 0.208. The molecule has 2 N–H and O–H groups in total. The van der Waals surface area contributed by atoms with Gasteiger partial charge in [0.15, 0.2) is 11.5 Å². The molecular formula is C24H21N7O5S2. The van der Waals surface area contributed by atoms with Crippen molar-refractivity contribution in [3.05, 3.63) is 77.5 Å². The number of benzene rings is 2. The lowest BCUT2D eigenvalue weighted by Gasteiger charge is -2.49. The summed E-state index contributed by atoms with van der Waals surface area (Å²) in [6.07, 6.45) is 0. The number of tetrazole rings is 1. The number of nitrogens with one attached hydrogen (secondary N) is 1. The highest BCUT2D eigenvalue weighted by Gasteiger charge is 2.54. The smallest absolute Gasteiger partial charge is 0.352 e. The van der Waals surface area contributed by atoms with Gasteiger partial charge in [0.1, 0.15) is 17.1 Å². The number of aryl methyl sites for hydroxylation is 1. The SMILES string of the molecule is Cn1nnnc1SCC1=C(C(=O)O)N2C(=O)[C@@H](NC(=O)C(=NOc3ccccc3)c3ccccc3)[C@H]2SC1. The Bertz CT molecular complexity index is 1430. The highest BCUT2D eigenvalue weighted by molar-refractivity contribution is 8.01. The second-order valence-electron chi connectivity index (χ2n) is 8.20. The summed E-state index contributed by atoms with van der Waals surface area (Å²) in [5, 5.41) is 27.9. The molecule has 38 heavy (non-hydrogen) atoms. The van der Waals surface area contributed by atoms with Crippen molar-refractivity contribution < 1.29 is 24.3 Å². The van der Waals surface area contributed by atoms with Crippen molar-refractivity contribution in [2.75, 3.05) is 11.5 Å². The maximum Gasteiger partial charge on any atom is 0.352 e. The summed E-state index contributed by atoms with van der Waals surface area (Å²) in [5.74, 6) is -1.20. The fourth-order valence-corrected chi connectivity index (χ4v) is 6.24. The van der Waals surface area contributed by atoms with E-state index in [-0.39, 0.29) is 11.4 Å². The first-order valence-corrected chi connectivity index (χ1v) is 13.4. The monoisotopic (exact) mass is 551 g/mol. The first-order chi connectivity index (χ1) is 18.4. The molecule has 0 spiro atoms. The van der Waals surface area contributed by atoms with E-state index < -0.39 is 29.2 Å². The Kier molecular flexibility index (Phi) is 7.42. The standard InChI is InChI=1S/C24H21N7O5S2/c1-30-24(26-28-29-30)38-13-15-12-37-22-18(21(33)31(22)19(15)23(34)35)25-20(32)17(14-8-4-2-5-9-14)27-36-16-10-6-3-7-11-16/h2-11,18,22H,12-13H2,1H3,(H,25,32)(H,34,35)/t18-,22-/m1/s1. The van der Waals surface area contributed by atoms with Crippen LogP contribution in [0.25, 0.3) is 0 Å². The van der Waals surface area contributed by atoms with Crippen LogP contribution in [0, 0.1) is 0 Å². The number of hydrogen-bond donors (Lipinski definition) is 2. The zero-order valence-corrected chi connectivity index (χ0v) is 21.6. The van der Waals surface area contributed by atoms with Crippen LogP contribution >= 0.6 is 23.5 Å². The van der Waals surface area contributed by atoms with Crippen molar-refractivity contribution >= 4 is 47.0 Å². The predicted octanol–water partition coefficient (Wildman–Crippen LogP) is 1.52. The van der Waals surface area contributed by atoms with Crippen molar-refractivity contribution in [3.63, 3.8) is 0 Å². The predicted molar refractivity (Wildman–Crippen MR) is 139 cm³/mol. The molecule has 2 aliphatic rings. The van der Waals surface area contributed by atoms with Gasteiger partial charge in [-0.15, -0.1) is 16.9 Å². The van der Waals surface area contributed by atoms with Crippen LogP contribution in [0.4, 0.5) is 0 Å². The normalized spacial score (nSPS) is 19.0. The van der Waals surface area contributed by atoms with E-state index in [1.54, 1.807) is 61.6 Å². The number of carbonyl (C=O) groups excluding carboxylic acids is 2. The molecule has 2 atom stereocenters. The molecule has 5 rings (SSSR count). The summed E-state index contributed by atoms with van der Waals surface area (Å²) in [5.41, 5.74) is 0.998. The van der Waals surface area contributed by atoms with Crippen molar-refractivity contribution in [1.82, 2.24) is 30.4 Å². The summed E-state index contributed by atoms with van der Waals surface area (Å²) in [7, 11) is 1.69. The molecule has 3 aromatic rings. The van der Waals surface area contributed by atoms with Gasteiger partial charge in [0.25, 0.3) is 11.8 Å². The van der Waals surface area contributed by atoms with Crippen molar-refractivity contribution in [2.24, 2.45) is 12.2 Å². The minimum absolute atomic E-state index is 0.00936. The van der Waals surface area contributed by atoms with E-state index >= 15 is 0 Å². The average Bonchev–Trinajstić information content (AvgIpc) is 3.35. The zero-order valence-electron chi connectivity index (χ0n) is 19.9. The fourth-order valence-electron chi connectivity index (χ4n) is 3.90. The largest absolute Gasteiger partial charge is 0.477 e. The van der Waals surface area contributed by atoms with Crippen LogP contribution in [0.15, 0.2) is 82.2 Å². The van der Waals surface area contributed by atoms with Crippen LogP contribution in [0.5, 0.6) is 5.75 Å². The summed E-state index contributed by atoms with van der Waals surface area (Å²) >= 11 is 2.66. The summed E-state index contributed by atoms with van der Waals surface area (Å²) in [4.78, 5) is 45.2. The van der Waals surface area contributed by atoms with E-state index in [0.29, 0.717) is 33.5 Å². The molecule has 14 heteroatoms. The Labute approximate surface area is 225 Å². The zero-order chi connectivity index (χ0) is 26.6. The summed E-state index contributed by atoms with van der Waals surface area (Å²) in [6, 6.07) is 16.6. The number of para-hydroxylation sites is 1. The number of amides is 2. The molecule has 194 valence electrons. The Hall–Kier alpha value is -4.17. The van der Waals surface area contributed by atoms with Crippen LogP contribution in [0.3, 0.4) is 0 Å². The lowest BCUT2D eigenvalue weighted by Crippen LogP contribution is -2.71. The van der Waals surface area contributed by atoms with E-state index in [9.17, 15) is 19.5 Å². The number of carboxylic acids is 1. The molecule has 2 amide bonds. The minimum atomic E-state index is -1.21. The lowest BCUT2D eigenvalue weighted by atomic mass is 10.0. The van der Waals surface area contributed by atoms with Gasteiger partial charge in [0.2, 0.25) is 5.16 Å². The van der Waals surface area contributed by atoms with Gasteiger partial charge >= 0.3 is 5.97 Å². The number of aromatic nitrogens is 4. The van der Waals surface area contributed by atoms with Gasteiger partial charge in [0, 0.05) is 24.1 Å². The number of β-lactam (4-membered cyclic amide) rings is 1. The molecule has 0 radical (unpaired) electrons. The van der Waals surface area contributed by atoms with E-state index in [0.717, 1.165) is 0 Å². The van der Waals surface area contributed by atoms with Gasteiger partial charge in [-0.1, -0.05) is 65.4 Å². The van der Waals surface area contributed by atoms with Crippen LogP contribution in [-0.4, -0.2) is 76.6 Å². The van der Waals surface area contributed by atoms with Crippen LogP contribution in [0.2, 0.25) is 0 Å². The number of nitrogens with zero attached hydrogens (tertiary/aromatic N) is 6. The Morgan fingerprint density at radius 1 is 1.18 bits per heavy atom. The Balaban J connectivity index is 1.33. The molecule has 0 bridgehead atoms. The highest BCUT2D eigenvalue weighted by Crippen LogP contribution is 2.41. The van der Waals surface area contributed by atoms with E-state index in [2.05, 4.69) is 26.0 Å². The van der Waals surface area contributed by atoms with E-state index in [4.69, 9.17) is 4.84 Å². The van der Waals surface area contributed by atoms with Crippen LogP contribution in [-0.2, 0) is 21.4 Å². The molecule has 1 saturated heterocycles. The number of fused-ring (bicyclic) bond motifs is 1. The van der Waals surface area contributed by atoms with E-state index in [1.807, 2.05) is 6.07 Å². The lowest BCUT2D eigenvalue weighted by molar-refractivity contribution is -0.150. The Morgan fingerprint density at radius 2 is 1.89 bits per heavy atom. The second kappa shape index (κ2) is 11.1. The number of carbonyl (C=O) groups is 3. The van der Waals surface area contributed by atoms with Gasteiger partial charge in [-0.05, 0) is 28.1 Å². The first kappa shape index (κ1) is 25.5. The number of hydrogen-bond acceptors (Lipinski definition) is 10. The number of carboxylic acid groups (broad SMARTS) is 1. The average molecular weight is 552 g/mol. The first-order valence-electron chi connectivity index (χ1n) is 11.4. The number of rotatable bonds is 9. The van der Waals surface area contributed by atoms with Crippen molar-refractivity contribution in [3.8, 4) is 5.75 Å². The van der Waals surface area contributed by atoms with Gasteiger partial charge in [-0.3, -0.25) is 14.5 Å². The van der Waals surface area contributed by atoms with Gasteiger partial charge in [-0.25, -0.2) is 9.48 Å². The second-order valence-corrected chi connectivity index (χ2v) is 10.2. The summed E-state index contributed by atoms with van der Waals surface area (Å²) in [6.45, 7) is 0. The van der Waals surface area contributed by atoms with E-state index in [1.165, 1.54) is 33.1 Å². The van der Waals surface area contributed by atoms with Gasteiger partial charge < -0.3 is 15.3 Å². The molecule has 0 unspecified atom stereocenters. The summed E-state index contributed by atoms with van der Waals surface area (Å²) < 4.78 is 1.48. The van der Waals surface area contributed by atoms with Gasteiger partial charge in [0.05, 0.1) is 0 Å². The minimum Gasteiger partial charge on any atom is -0.477 e. The third-order valence-corrected chi connectivity index (χ3v) is 8.18. The highest BCUT2D eigenvalue weighted by atomic mass is 32.2. The number of aliphatic carboxylic acids is 1.